The number of rotatable bonds is 8. The number of carboxylic acid groups (broad SMARTS) is 1. The van der Waals surface area contributed by atoms with Crippen molar-refractivity contribution in [2.45, 2.75) is 25.7 Å². The summed E-state index contributed by atoms with van der Waals surface area (Å²) in [4.78, 5) is 41.0. The molecule has 4 N–H and O–H groups in total. The predicted molar refractivity (Wildman–Crippen MR) is 117 cm³/mol. The van der Waals surface area contributed by atoms with Gasteiger partial charge in [0, 0.05) is 44.3 Å². The number of aromatic nitrogens is 4. The van der Waals surface area contributed by atoms with E-state index >= 15 is 0 Å². The smallest absolute Gasteiger partial charge is 0.341 e. The molecule has 1 aliphatic rings. The summed E-state index contributed by atoms with van der Waals surface area (Å²) < 4.78 is 5.46. The molecule has 0 saturated carbocycles. The second-order valence-electron chi connectivity index (χ2n) is 7.50. The molecule has 0 aromatic carbocycles. The number of hydrogen-bond donors (Lipinski definition) is 3. The van der Waals surface area contributed by atoms with Gasteiger partial charge in [-0.1, -0.05) is 0 Å². The first-order chi connectivity index (χ1) is 15.3. The van der Waals surface area contributed by atoms with Gasteiger partial charge in [0.25, 0.3) is 0 Å². The van der Waals surface area contributed by atoms with E-state index in [0.717, 1.165) is 11.5 Å². The molecule has 0 aliphatic carbocycles. The SMILES string of the molecule is Cc1cc(N2CC(ON(C)C(O)CCN)C2)nc2c1c(=O)c(C(=O)O)cn2-c1ncns1. The van der Waals surface area contributed by atoms with Crippen molar-refractivity contribution < 1.29 is 19.8 Å². The highest BCUT2D eigenvalue weighted by molar-refractivity contribution is 7.08. The van der Waals surface area contributed by atoms with E-state index in [0.29, 0.717) is 48.2 Å². The lowest BCUT2D eigenvalue weighted by atomic mass is 10.1. The van der Waals surface area contributed by atoms with Gasteiger partial charge in [-0.25, -0.2) is 14.8 Å². The van der Waals surface area contributed by atoms with E-state index in [1.54, 1.807) is 20.0 Å². The second kappa shape index (κ2) is 8.88. The van der Waals surface area contributed by atoms with E-state index in [1.165, 1.54) is 22.2 Å². The molecule has 3 aromatic rings. The molecule has 0 bridgehead atoms. The minimum atomic E-state index is -1.32. The molecule has 1 saturated heterocycles. The molecular weight excluding hydrogens is 438 g/mol. The average Bonchev–Trinajstić information content (AvgIpc) is 3.24. The fourth-order valence-corrected chi connectivity index (χ4v) is 4.05. The summed E-state index contributed by atoms with van der Waals surface area (Å²) in [7, 11) is 1.65. The first-order valence-electron chi connectivity index (χ1n) is 9.90. The average molecular weight is 462 g/mol. The lowest BCUT2D eigenvalue weighted by Crippen LogP contribution is -2.55. The standard InChI is InChI=1S/C19H23N7O5S/c1-10-5-13(25-6-11(7-25)31-24(2)14(27)3-4-20)23-17-15(10)16(28)12(18(29)30)8-26(17)19-21-9-22-32-19/h5,8-9,11,14,27H,3-4,6-7,20H2,1-2H3,(H,29,30). The van der Waals surface area contributed by atoms with Gasteiger partial charge in [0.05, 0.1) is 5.39 Å². The summed E-state index contributed by atoms with van der Waals surface area (Å²) >= 11 is 1.07. The van der Waals surface area contributed by atoms with Crippen molar-refractivity contribution in [3.8, 4) is 5.13 Å². The normalized spacial score (nSPS) is 15.3. The number of fused-ring (bicyclic) bond motifs is 1. The summed E-state index contributed by atoms with van der Waals surface area (Å²) in [6, 6.07) is 1.75. The van der Waals surface area contributed by atoms with Crippen molar-refractivity contribution in [3.05, 3.63) is 39.9 Å². The van der Waals surface area contributed by atoms with Crippen LogP contribution in [0, 0.1) is 6.92 Å². The Kier molecular flexibility index (Phi) is 6.17. The van der Waals surface area contributed by atoms with Gasteiger partial charge in [-0.2, -0.15) is 9.44 Å². The largest absolute Gasteiger partial charge is 0.477 e. The molecule has 1 atom stereocenters. The first kappa shape index (κ1) is 22.2. The van der Waals surface area contributed by atoms with Gasteiger partial charge in [0.1, 0.15) is 30.0 Å². The van der Waals surface area contributed by atoms with Crippen molar-refractivity contribution in [1.82, 2.24) is 24.0 Å². The molecule has 1 unspecified atom stereocenters. The van der Waals surface area contributed by atoms with Crippen molar-refractivity contribution in [2.24, 2.45) is 5.73 Å². The number of carboxylic acids is 1. The van der Waals surface area contributed by atoms with Crippen molar-refractivity contribution in [3.63, 3.8) is 0 Å². The minimum absolute atomic E-state index is 0.134. The van der Waals surface area contributed by atoms with Gasteiger partial charge >= 0.3 is 5.97 Å². The summed E-state index contributed by atoms with van der Waals surface area (Å²) in [5.74, 6) is -0.692. The molecule has 1 fully saturated rings. The number of nitrogens with zero attached hydrogens (tertiary/aromatic N) is 6. The Morgan fingerprint density at radius 3 is 2.84 bits per heavy atom. The summed E-state index contributed by atoms with van der Waals surface area (Å²) in [6.07, 6.45) is 2.08. The maximum Gasteiger partial charge on any atom is 0.341 e. The molecule has 0 spiro atoms. The molecule has 170 valence electrons. The van der Waals surface area contributed by atoms with Crippen LogP contribution in [-0.2, 0) is 4.84 Å². The lowest BCUT2D eigenvalue weighted by Gasteiger charge is -2.41. The molecule has 13 heteroatoms. The third-order valence-electron chi connectivity index (χ3n) is 5.26. The minimum Gasteiger partial charge on any atom is -0.477 e. The molecule has 0 amide bonds. The van der Waals surface area contributed by atoms with E-state index in [9.17, 15) is 19.8 Å². The van der Waals surface area contributed by atoms with Gasteiger partial charge in [0.2, 0.25) is 10.6 Å². The van der Waals surface area contributed by atoms with Crippen LogP contribution in [0.1, 0.15) is 22.3 Å². The molecule has 4 heterocycles. The van der Waals surface area contributed by atoms with Gasteiger partial charge in [-0.3, -0.25) is 14.2 Å². The number of aryl methyl sites for hydroxylation is 1. The molecule has 3 aromatic heterocycles. The van der Waals surface area contributed by atoms with Crippen LogP contribution in [0.2, 0.25) is 0 Å². The maximum atomic E-state index is 12.8. The quantitative estimate of drug-likeness (QED) is 0.305. The highest BCUT2D eigenvalue weighted by Crippen LogP contribution is 2.27. The third kappa shape index (κ3) is 4.08. The fourth-order valence-electron chi connectivity index (χ4n) is 3.54. The number of nitrogens with two attached hydrogens (primary N) is 1. The van der Waals surface area contributed by atoms with E-state index in [2.05, 4.69) is 14.3 Å². The van der Waals surface area contributed by atoms with E-state index in [1.807, 2.05) is 4.90 Å². The summed E-state index contributed by atoms with van der Waals surface area (Å²) in [5, 5.41) is 21.5. The van der Waals surface area contributed by atoms with Gasteiger partial charge in [0.15, 0.2) is 5.65 Å². The number of aromatic carboxylic acids is 1. The Hall–Kier alpha value is -2.97. The van der Waals surface area contributed by atoms with Crippen molar-refractivity contribution in [1.29, 1.82) is 0 Å². The molecule has 0 radical (unpaired) electrons. The van der Waals surface area contributed by atoms with Crippen LogP contribution in [0.25, 0.3) is 16.2 Å². The number of aliphatic hydroxyl groups is 1. The zero-order chi connectivity index (χ0) is 23.0. The number of carbonyl (C=O) groups is 1. The van der Waals surface area contributed by atoms with Gasteiger partial charge in [-0.05, 0) is 25.1 Å². The Bertz CT molecular complexity index is 1190. The molecule has 4 rings (SSSR count). The third-order valence-corrected chi connectivity index (χ3v) is 5.93. The Labute approximate surface area is 186 Å². The van der Waals surface area contributed by atoms with Crippen LogP contribution in [0.4, 0.5) is 5.82 Å². The Morgan fingerprint density at radius 1 is 1.47 bits per heavy atom. The number of hydrogen-bond acceptors (Lipinski definition) is 11. The molecule has 12 nitrogen and oxygen atoms in total. The highest BCUT2D eigenvalue weighted by atomic mass is 32.1. The van der Waals surface area contributed by atoms with Gasteiger partial charge in [-0.15, -0.1) is 0 Å². The highest BCUT2D eigenvalue weighted by Gasteiger charge is 2.32. The van der Waals surface area contributed by atoms with Crippen LogP contribution in [-0.4, -0.2) is 79.2 Å². The first-order valence-corrected chi connectivity index (χ1v) is 10.7. The second-order valence-corrected chi connectivity index (χ2v) is 8.26. The van der Waals surface area contributed by atoms with Crippen LogP contribution in [0.3, 0.4) is 0 Å². The molecule has 32 heavy (non-hydrogen) atoms. The van der Waals surface area contributed by atoms with Crippen LogP contribution >= 0.6 is 11.5 Å². The Morgan fingerprint density at radius 2 is 2.22 bits per heavy atom. The van der Waals surface area contributed by atoms with Crippen molar-refractivity contribution >= 4 is 34.4 Å². The van der Waals surface area contributed by atoms with E-state index in [4.69, 9.17) is 10.6 Å². The van der Waals surface area contributed by atoms with Crippen LogP contribution < -0.4 is 16.1 Å². The van der Waals surface area contributed by atoms with E-state index in [-0.39, 0.29) is 17.1 Å². The van der Waals surface area contributed by atoms with E-state index < -0.39 is 17.6 Å². The Balaban J connectivity index is 1.66. The van der Waals surface area contributed by atoms with Gasteiger partial charge < -0.3 is 20.8 Å². The molecular formula is C19H23N7O5S. The zero-order valence-corrected chi connectivity index (χ0v) is 18.3. The molecule has 1 aliphatic heterocycles. The number of hydroxylamine groups is 2. The zero-order valence-electron chi connectivity index (χ0n) is 17.5. The monoisotopic (exact) mass is 461 g/mol. The fraction of sp³-hybridized carbons (Fsp3) is 0.421. The number of anilines is 1. The van der Waals surface area contributed by atoms with Crippen LogP contribution in [0.15, 0.2) is 23.4 Å². The number of pyridine rings is 2. The maximum absolute atomic E-state index is 12.8. The number of aliphatic hydroxyl groups excluding tert-OH is 1. The summed E-state index contributed by atoms with van der Waals surface area (Å²) in [5.41, 5.74) is 5.43. The summed E-state index contributed by atoms with van der Waals surface area (Å²) in [6.45, 7) is 3.17. The van der Waals surface area contributed by atoms with Crippen LogP contribution in [0.5, 0.6) is 0 Å². The predicted octanol–water partition coefficient (Wildman–Crippen LogP) is -0.0370. The van der Waals surface area contributed by atoms with Crippen molar-refractivity contribution in [2.75, 3.05) is 31.6 Å². The lowest BCUT2D eigenvalue weighted by molar-refractivity contribution is -0.255. The topological polar surface area (TPSA) is 160 Å².